The molecule has 3 atom stereocenters. The predicted octanol–water partition coefficient (Wildman–Crippen LogP) is 3.62. The van der Waals surface area contributed by atoms with Crippen LogP contribution in [-0.4, -0.2) is 25.9 Å². The molecule has 1 N–H and O–H groups in total. The molecule has 2 rings (SSSR count). The quantitative estimate of drug-likeness (QED) is 0.914. The monoisotopic (exact) mass is 278 g/mol. The molecule has 0 bridgehead atoms. The zero-order chi connectivity index (χ0) is 14.9. The van der Waals surface area contributed by atoms with Crippen molar-refractivity contribution in [1.82, 2.24) is 0 Å². The molecule has 112 valence electrons. The minimum absolute atomic E-state index is 0.228. The largest absolute Gasteiger partial charge is 0.493 e. The van der Waals surface area contributed by atoms with Crippen molar-refractivity contribution in [2.45, 2.75) is 45.4 Å². The second-order valence-corrected chi connectivity index (χ2v) is 6.01. The minimum atomic E-state index is 0.228. The van der Waals surface area contributed by atoms with E-state index in [1.54, 1.807) is 14.2 Å². The molecule has 0 saturated heterocycles. The van der Waals surface area contributed by atoms with Gasteiger partial charge in [0.25, 0.3) is 0 Å². The summed E-state index contributed by atoms with van der Waals surface area (Å²) in [5, 5.41) is 9.52. The summed E-state index contributed by atoms with van der Waals surface area (Å²) >= 11 is 0. The van der Waals surface area contributed by atoms with E-state index in [0.29, 0.717) is 11.8 Å². The molecule has 0 heterocycles. The lowest BCUT2D eigenvalue weighted by Gasteiger charge is -2.35. The van der Waals surface area contributed by atoms with Gasteiger partial charge in [0, 0.05) is 12.2 Å². The van der Waals surface area contributed by atoms with Gasteiger partial charge in [0.05, 0.1) is 14.2 Å². The highest BCUT2D eigenvalue weighted by molar-refractivity contribution is 5.58. The van der Waals surface area contributed by atoms with Gasteiger partial charge in [-0.25, -0.2) is 0 Å². The smallest absolute Gasteiger partial charge is 0.164 e. The molecule has 0 unspecified atom stereocenters. The van der Waals surface area contributed by atoms with Gasteiger partial charge in [-0.05, 0) is 48.6 Å². The molecule has 0 spiro atoms. The zero-order valence-corrected chi connectivity index (χ0v) is 13.2. The lowest BCUT2D eigenvalue weighted by molar-refractivity contribution is 0.205. The Kier molecular flexibility index (Phi) is 4.59. The molecule has 0 aliphatic heterocycles. The second-order valence-electron chi connectivity index (χ2n) is 6.01. The Morgan fingerprint density at radius 1 is 1.25 bits per heavy atom. The Bertz CT molecular complexity index is 482. The van der Waals surface area contributed by atoms with Crippen molar-refractivity contribution in [1.29, 1.82) is 0 Å². The molecule has 0 saturated carbocycles. The van der Waals surface area contributed by atoms with Crippen molar-refractivity contribution in [3.05, 3.63) is 22.8 Å². The summed E-state index contributed by atoms with van der Waals surface area (Å²) in [4.78, 5) is 0. The molecule has 0 amide bonds. The lowest BCUT2D eigenvalue weighted by atomic mass is 9.72. The number of methoxy groups -OCH3 is 2. The normalized spacial score (nSPS) is 23.1. The molecule has 1 aromatic carbocycles. The van der Waals surface area contributed by atoms with Crippen LogP contribution in [0.15, 0.2) is 6.07 Å². The fourth-order valence-corrected chi connectivity index (χ4v) is 3.53. The fraction of sp³-hybridized carbons (Fsp3) is 0.647. The number of benzene rings is 1. The van der Waals surface area contributed by atoms with Crippen molar-refractivity contribution in [2.24, 2.45) is 5.92 Å². The number of hydrogen-bond donors (Lipinski definition) is 1. The molecule has 0 aromatic heterocycles. The van der Waals surface area contributed by atoms with Crippen LogP contribution in [0.2, 0.25) is 0 Å². The molecule has 1 aliphatic rings. The average molecular weight is 278 g/mol. The van der Waals surface area contributed by atoms with Gasteiger partial charge in [0.1, 0.15) is 0 Å². The third-order valence-corrected chi connectivity index (χ3v) is 4.68. The molecule has 1 aliphatic carbocycles. The van der Waals surface area contributed by atoms with E-state index in [2.05, 4.69) is 26.8 Å². The first-order chi connectivity index (χ1) is 9.54. The van der Waals surface area contributed by atoms with E-state index in [1.807, 2.05) is 0 Å². The van der Waals surface area contributed by atoms with Crippen LogP contribution in [0.4, 0.5) is 0 Å². The van der Waals surface area contributed by atoms with E-state index in [0.717, 1.165) is 29.9 Å². The van der Waals surface area contributed by atoms with Crippen LogP contribution in [0.1, 0.15) is 55.2 Å². The first-order valence-corrected chi connectivity index (χ1v) is 7.41. The Morgan fingerprint density at radius 3 is 2.45 bits per heavy atom. The van der Waals surface area contributed by atoms with Crippen molar-refractivity contribution >= 4 is 0 Å². The zero-order valence-electron chi connectivity index (χ0n) is 13.2. The highest BCUT2D eigenvalue weighted by Crippen LogP contribution is 2.50. The second kappa shape index (κ2) is 6.04. The SMILES string of the molecule is COc1c(C)cc2c(c1OC)[C@H](C)CC[C@@H]2[C@@H](C)CO. The third-order valence-electron chi connectivity index (χ3n) is 4.68. The number of aryl methyl sites for hydroxylation is 1. The van der Waals surface area contributed by atoms with Crippen molar-refractivity contribution in [2.75, 3.05) is 20.8 Å². The minimum Gasteiger partial charge on any atom is -0.493 e. The molecular formula is C17H26O3. The van der Waals surface area contributed by atoms with Crippen LogP contribution in [0.3, 0.4) is 0 Å². The number of rotatable bonds is 4. The van der Waals surface area contributed by atoms with E-state index in [4.69, 9.17) is 9.47 Å². The molecule has 3 heteroatoms. The van der Waals surface area contributed by atoms with E-state index >= 15 is 0 Å². The molecule has 20 heavy (non-hydrogen) atoms. The molecule has 0 fully saturated rings. The Morgan fingerprint density at radius 2 is 1.90 bits per heavy atom. The number of fused-ring (bicyclic) bond motifs is 1. The highest BCUT2D eigenvalue weighted by Gasteiger charge is 2.32. The predicted molar refractivity (Wildman–Crippen MR) is 80.9 cm³/mol. The lowest BCUT2D eigenvalue weighted by Crippen LogP contribution is -2.22. The van der Waals surface area contributed by atoms with Crippen LogP contribution in [0, 0.1) is 12.8 Å². The van der Waals surface area contributed by atoms with E-state index < -0.39 is 0 Å². The van der Waals surface area contributed by atoms with Gasteiger partial charge in [0.2, 0.25) is 0 Å². The molecule has 1 aromatic rings. The van der Waals surface area contributed by atoms with Gasteiger partial charge in [0.15, 0.2) is 11.5 Å². The Hall–Kier alpha value is -1.22. The summed E-state index contributed by atoms with van der Waals surface area (Å²) in [6.07, 6.45) is 2.26. The summed E-state index contributed by atoms with van der Waals surface area (Å²) in [6.45, 7) is 6.65. The Labute approximate surface area is 121 Å². The molecule has 0 radical (unpaired) electrons. The van der Waals surface area contributed by atoms with Gasteiger partial charge in [-0.3, -0.25) is 0 Å². The molecular weight excluding hydrogens is 252 g/mol. The number of hydrogen-bond acceptors (Lipinski definition) is 3. The van der Waals surface area contributed by atoms with Crippen LogP contribution in [0.25, 0.3) is 0 Å². The maximum absolute atomic E-state index is 9.52. The highest BCUT2D eigenvalue weighted by atomic mass is 16.5. The van der Waals surface area contributed by atoms with Crippen molar-refractivity contribution < 1.29 is 14.6 Å². The standard InChI is InChI=1S/C17H26O3/c1-10-6-7-13(12(3)9-18)14-8-11(2)16(19-4)17(20-5)15(10)14/h8,10,12-13,18H,6-7,9H2,1-5H3/t10-,12+,13-/m1/s1. The Balaban J connectivity index is 2.63. The third kappa shape index (κ3) is 2.39. The van der Waals surface area contributed by atoms with Crippen LogP contribution < -0.4 is 9.47 Å². The molecule has 3 nitrogen and oxygen atoms in total. The summed E-state index contributed by atoms with van der Waals surface area (Å²) < 4.78 is 11.2. The van der Waals surface area contributed by atoms with E-state index in [9.17, 15) is 5.11 Å². The number of ether oxygens (including phenoxy) is 2. The van der Waals surface area contributed by atoms with Crippen molar-refractivity contribution in [3.63, 3.8) is 0 Å². The average Bonchev–Trinajstić information content (AvgIpc) is 2.45. The fourth-order valence-electron chi connectivity index (χ4n) is 3.53. The summed E-state index contributed by atoms with van der Waals surface area (Å²) in [5.41, 5.74) is 3.71. The summed E-state index contributed by atoms with van der Waals surface area (Å²) in [7, 11) is 3.40. The first kappa shape index (κ1) is 15.2. The van der Waals surface area contributed by atoms with Gasteiger partial charge in [-0.15, -0.1) is 0 Å². The van der Waals surface area contributed by atoms with Gasteiger partial charge >= 0.3 is 0 Å². The van der Waals surface area contributed by atoms with Gasteiger partial charge < -0.3 is 14.6 Å². The topological polar surface area (TPSA) is 38.7 Å². The number of aliphatic hydroxyl groups excluding tert-OH is 1. The van der Waals surface area contributed by atoms with E-state index in [1.165, 1.54) is 11.1 Å². The maximum atomic E-state index is 9.52. The number of aliphatic hydroxyl groups is 1. The maximum Gasteiger partial charge on any atom is 0.164 e. The van der Waals surface area contributed by atoms with Crippen LogP contribution >= 0.6 is 0 Å². The van der Waals surface area contributed by atoms with Crippen LogP contribution in [-0.2, 0) is 0 Å². The summed E-state index contributed by atoms with van der Waals surface area (Å²) in [5.74, 6) is 2.88. The van der Waals surface area contributed by atoms with Crippen LogP contribution in [0.5, 0.6) is 11.5 Å². The first-order valence-electron chi connectivity index (χ1n) is 7.41. The summed E-state index contributed by atoms with van der Waals surface area (Å²) in [6, 6.07) is 2.23. The van der Waals surface area contributed by atoms with E-state index in [-0.39, 0.29) is 12.5 Å². The van der Waals surface area contributed by atoms with Crippen molar-refractivity contribution in [3.8, 4) is 11.5 Å². The van der Waals surface area contributed by atoms with Gasteiger partial charge in [-0.2, -0.15) is 0 Å². The van der Waals surface area contributed by atoms with Gasteiger partial charge in [-0.1, -0.05) is 19.9 Å².